The standard InChI is InChI=1S/C21H23N5O2/c1-13-3-5-15(6-4-13)17-9-18(21(28)22-14(2)12-27)11-19(10-17)26-20(16-7-8-16)23-24-25-26/h3-6,9-11,14,16,27H,7-8,12H2,1-2H3,(H,22,28). The number of nitrogens with zero attached hydrogens (tertiary/aromatic N) is 4. The molecule has 2 N–H and O–H groups in total. The first-order valence-corrected chi connectivity index (χ1v) is 9.47. The van der Waals surface area contributed by atoms with Crippen LogP contribution in [0.3, 0.4) is 0 Å². The Morgan fingerprint density at radius 3 is 2.64 bits per heavy atom. The number of carbonyl (C=O) groups excluding carboxylic acids is 1. The molecule has 1 aliphatic carbocycles. The number of hydrogen-bond acceptors (Lipinski definition) is 5. The van der Waals surface area contributed by atoms with Gasteiger partial charge in [-0.05, 0) is 66.4 Å². The van der Waals surface area contributed by atoms with Crippen molar-refractivity contribution < 1.29 is 9.90 Å². The minimum Gasteiger partial charge on any atom is -0.394 e. The lowest BCUT2D eigenvalue weighted by Gasteiger charge is -2.14. The van der Waals surface area contributed by atoms with Gasteiger partial charge in [0, 0.05) is 17.5 Å². The summed E-state index contributed by atoms with van der Waals surface area (Å²) in [7, 11) is 0. The SMILES string of the molecule is Cc1ccc(-c2cc(C(=O)NC(C)CO)cc(-n3nnnc3C3CC3)c2)cc1. The van der Waals surface area contributed by atoms with Gasteiger partial charge in [0.25, 0.3) is 5.91 Å². The second-order valence-electron chi connectivity index (χ2n) is 7.41. The van der Waals surface area contributed by atoms with Crippen molar-refractivity contribution in [3.8, 4) is 16.8 Å². The Hall–Kier alpha value is -3.06. The van der Waals surface area contributed by atoms with E-state index in [4.69, 9.17) is 0 Å². The molecule has 1 amide bonds. The summed E-state index contributed by atoms with van der Waals surface area (Å²) in [6.45, 7) is 3.68. The second kappa shape index (κ2) is 7.52. The van der Waals surface area contributed by atoms with Crippen LogP contribution >= 0.6 is 0 Å². The van der Waals surface area contributed by atoms with Crippen molar-refractivity contribution in [1.82, 2.24) is 25.5 Å². The summed E-state index contributed by atoms with van der Waals surface area (Å²) in [5.41, 5.74) is 4.36. The van der Waals surface area contributed by atoms with Gasteiger partial charge in [0.1, 0.15) is 0 Å². The summed E-state index contributed by atoms with van der Waals surface area (Å²) in [6.07, 6.45) is 2.17. The van der Waals surface area contributed by atoms with Gasteiger partial charge < -0.3 is 10.4 Å². The van der Waals surface area contributed by atoms with E-state index in [1.165, 1.54) is 5.56 Å². The van der Waals surface area contributed by atoms with Crippen LogP contribution in [0.15, 0.2) is 42.5 Å². The average Bonchev–Trinajstić information content (AvgIpc) is 3.44. The van der Waals surface area contributed by atoms with Crippen molar-refractivity contribution in [3.05, 3.63) is 59.4 Å². The topological polar surface area (TPSA) is 92.9 Å². The Bertz CT molecular complexity index is 992. The normalized spacial score (nSPS) is 14.7. The summed E-state index contributed by atoms with van der Waals surface area (Å²) >= 11 is 0. The predicted molar refractivity (Wildman–Crippen MR) is 105 cm³/mol. The van der Waals surface area contributed by atoms with E-state index in [-0.39, 0.29) is 18.6 Å². The highest BCUT2D eigenvalue weighted by molar-refractivity contribution is 5.96. The first kappa shape index (κ1) is 18.3. The third-order valence-electron chi connectivity index (χ3n) is 4.90. The molecule has 1 saturated carbocycles. The van der Waals surface area contributed by atoms with Crippen LogP contribution < -0.4 is 5.32 Å². The molecule has 1 atom stereocenters. The van der Waals surface area contributed by atoms with E-state index in [1.54, 1.807) is 17.7 Å². The number of nitrogens with one attached hydrogen (secondary N) is 1. The zero-order chi connectivity index (χ0) is 19.7. The number of aliphatic hydroxyl groups is 1. The molecular formula is C21H23N5O2. The lowest BCUT2D eigenvalue weighted by Crippen LogP contribution is -2.35. The van der Waals surface area contributed by atoms with Crippen LogP contribution in [-0.2, 0) is 0 Å². The largest absolute Gasteiger partial charge is 0.394 e. The summed E-state index contributed by atoms with van der Waals surface area (Å²) in [6, 6.07) is 13.5. The third kappa shape index (κ3) is 3.80. The van der Waals surface area contributed by atoms with Crippen LogP contribution in [0.4, 0.5) is 0 Å². The number of aliphatic hydroxyl groups excluding tert-OH is 1. The number of aromatic nitrogens is 4. The van der Waals surface area contributed by atoms with Crippen molar-refractivity contribution in [2.45, 2.75) is 38.6 Å². The molecule has 2 aromatic carbocycles. The van der Waals surface area contributed by atoms with Gasteiger partial charge in [0.2, 0.25) is 0 Å². The Balaban J connectivity index is 1.79. The molecule has 3 aromatic rings. The molecule has 144 valence electrons. The maximum absolute atomic E-state index is 12.7. The fourth-order valence-electron chi connectivity index (χ4n) is 3.10. The third-order valence-corrected chi connectivity index (χ3v) is 4.90. The quantitative estimate of drug-likeness (QED) is 0.689. The number of hydrogen-bond donors (Lipinski definition) is 2. The molecule has 4 rings (SSSR count). The summed E-state index contributed by atoms with van der Waals surface area (Å²) in [5, 5.41) is 24.2. The fourth-order valence-corrected chi connectivity index (χ4v) is 3.10. The van der Waals surface area contributed by atoms with E-state index in [0.29, 0.717) is 11.5 Å². The van der Waals surface area contributed by atoms with E-state index in [2.05, 4.69) is 20.8 Å². The van der Waals surface area contributed by atoms with E-state index in [1.807, 2.05) is 43.3 Å². The average molecular weight is 377 g/mol. The van der Waals surface area contributed by atoms with Crippen molar-refractivity contribution in [2.24, 2.45) is 0 Å². The molecular weight excluding hydrogens is 354 g/mol. The zero-order valence-electron chi connectivity index (χ0n) is 16.0. The monoisotopic (exact) mass is 377 g/mol. The summed E-state index contributed by atoms with van der Waals surface area (Å²) in [5.74, 6) is 0.971. The Morgan fingerprint density at radius 2 is 1.96 bits per heavy atom. The van der Waals surface area contributed by atoms with E-state index in [0.717, 1.165) is 35.5 Å². The van der Waals surface area contributed by atoms with E-state index in [9.17, 15) is 9.90 Å². The minimum absolute atomic E-state index is 0.116. The van der Waals surface area contributed by atoms with Crippen LogP contribution in [-0.4, -0.2) is 43.9 Å². The lowest BCUT2D eigenvalue weighted by molar-refractivity contribution is 0.0922. The smallest absolute Gasteiger partial charge is 0.251 e. The van der Waals surface area contributed by atoms with E-state index < -0.39 is 0 Å². The molecule has 1 unspecified atom stereocenters. The second-order valence-corrected chi connectivity index (χ2v) is 7.41. The molecule has 0 spiro atoms. The molecule has 0 radical (unpaired) electrons. The van der Waals surface area contributed by atoms with Gasteiger partial charge in [-0.2, -0.15) is 4.68 Å². The molecule has 1 aromatic heterocycles. The molecule has 1 fully saturated rings. The Morgan fingerprint density at radius 1 is 1.21 bits per heavy atom. The van der Waals surface area contributed by atoms with E-state index >= 15 is 0 Å². The number of benzene rings is 2. The van der Waals surface area contributed by atoms with Crippen molar-refractivity contribution in [1.29, 1.82) is 0 Å². The van der Waals surface area contributed by atoms with Crippen molar-refractivity contribution >= 4 is 5.91 Å². The summed E-state index contributed by atoms with van der Waals surface area (Å²) in [4.78, 5) is 12.7. The number of amides is 1. The first-order valence-electron chi connectivity index (χ1n) is 9.47. The van der Waals surface area contributed by atoms with Crippen LogP contribution in [0.5, 0.6) is 0 Å². The highest BCUT2D eigenvalue weighted by atomic mass is 16.3. The number of rotatable bonds is 6. The first-order chi connectivity index (χ1) is 13.5. The van der Waals surface area contributed by atoms with Gasteiger partial charge in [-0.25, -0.2) is 0 Å². The molecule has 1 aliphatic rings. The van der Waals surface area contributed by atoms with Crippen molar-refractivity contribution in [3.63, 3.8) is 0 Å². The number of tetrazole rings is 1. The number of carbonyl (C=O) groups is 1. The number of aryl methyl sites for hydroxylation is 1. The maximum atomic E-state index is 12.7. The molecule has 7 heteroatoms. The molecule has 28 heavy (non-hydrogen) atoms. The summed E-state index contributed by atoms with van der Waals surface area (Å²) < 4.78 is 1.72. The van der Waals surface area contributed by atoms with Crippen LogP contribution in [0.2, 0.25) is 0 Å². The Labute approximate surface area is 163 Å². The molecule has 0 bridgehead atoms. The molecule has 7 nitrogen and oxygen atoms in total. The fraction of sp³-hybridized carbons (Fsp3) is 0.333. The maximum Gasteiger partial charge on any atom is 0.251 e. The molecule has 0 aliphatic heterocycles. The predicted octanol–water partition coefficient (Wildman–Crippen LogP) is 2.63. The molecule has 1 heterocycles. The van der Waals surface area contributed by atoms with Crippen molar-refractivity contribution in [2.75, 3.05) is 6.61 Å². The van der Waals surface area contributed by atoms with Gasteiger partial charge in [-0.3, -0.25) is 4.79 Å². The van der Waals surface area contributed by atoms with Crippen LogP contribution in [0.1, 0.15) is 47.4 Å². The van der Waals surface area contributed by atoms with Crippen LogP contribution in [0, 0.1) is 6.92 Å². The van der Waals surface area contributed by atoms with Gasteiger partial charge in [0.05, 0.1) is 12.3 Å². The van der Waals surface area contributed by atoms with Gasteiger partial charge in [-0.15, -0.1) is 5.10 Å². The Kier molecular flexibility index (Phi) is 4.92. The highest BCUT2D eigenvalue weighted by Crippen LogP contribution is 2.39. The zero-order valence-corrected chi connectivity index (χ0v) is 16.0. The minimum atomic E-state index is -0.325. The van der Waals surface area contributed by atoms with Crippen LogP contribution in [0.25, 0.3) is 16.8 Å². The van der Waals surface area contributed by atoms with Gasteiger partial charge in [-0.1, -0.05) is 29.8 Å². The van der Waals surface area contributed by atoms with Gasteiger partial charge >= 0.3 is 0 Å². The van der Waals surface area contributed by atoms with Gasteiger partial charge in [0.15, 0.2) is 5.82 Å². The lowest BCUT2D eigenvalue weighted by atomic mass is 10.0. The molecule has 0 saturated heterocycles. The highest BCUT2D eigenvalue weighted by Gasteiger charge is 2.30.